The standard InChI is InChI=1S/C22H32N2O5/c25-16-9-7-15(8-10-16)24-21(26)14-23-13-18-17(19-11-12-20(18)29-19)5-3-1-2-4-6-22(27)28/h7-10,17-20,23,25H,1-6,11-14H2,(H,24,26)(H,27,28)/t17-,18-,19+,20-/m1/s1. The zero-order chi connectivity index (χ0) is 20.6. The van der Waals surface area contributed by atoms with Gasteiger partial charge in [-0.3, -0.25) is 9.59 Å². The second-order valence-corrected chi connectivity index (χ2v) is 8.19. The van der Waals surface area contributed by atoms with Gasteiger partial charge in [0.1, 0.15) is 5.75 Å². The molecule has 2 aliphatic heterocycles. The zero-order valence-corrected chi connectivity index (χ0v) is 16.8. The van der Waals surface area contributed by atoms with E-state index in [1.165, 1.54) is 0 Å². The second-order valence-electron chi connectivity index (χ2n) is 8.19. The van der Waals surface area contributed by atoms with Gasteiger partial charge in [-0.2, -0.15) is 0 Å². The van der Waals surface area contributed by atoms with Crippen molar-refractivity contribution in [3.63, 3.8) is 0 Å². The number of aromatic hydroxyl groups is 1. The van der Waals surface area contributed by atoms with Crippen molar-refractivity contribution in [2.45, 2.75) is 63.6 Å². The molecule has 2 saturated heterocycles. The van der Waals surface area contributed by atoms with E-state index in [4.69, 9.17) is 9.84 Å². The van der Waals surface area contributed by atoms with Gasteiger partial charge in [-0.05, 0) is 55.9 Å². The van der Waals surface area contributed by atoms with Crippen molar-refractivity contribution in [2.24, 2.45) is 11.8 Å². The first-order chi connectivity index (χ1) is 14.0. The third-order valence-corrected chi connectivity index (χ3v) is 6.09. The number of rotatable bonds is 12. The summed E-state index contributed by atoms with van der Waals surface area (Å²) in [4.78, 5) is 22.7. The number of hydrogen-bond donors (Lipinski definition) is 4. The van der Waals surface area contributed by atoms with Gasteiger partial charge in [0.15, 0.2) is 0 Å². The Hall–Kier alpha value is -2.12. The molecule has 2 fully saturated rings. The highest BCUT2D eigenvalue weighted by Crippen LogP contribution is 2.45. The fourth-order valence-electron chi connectivity index (χ4n) is 4.67. The lowest BCUT2D eigenvalue weighted by atomic mass is 9.76. The third kappa shape index (κ3) is 6.44. The number of unbranched alkanes of at least 4 members (excludes halogenated alkanes) is 3. The molecule has 29 heavy (non-hydrogen) atoms. The minimum Gasteiger partial charge on any atom is -0.508 e. The lowest BCUT2D eigenvalue weighted by Gasteiger charge is -2.28. The number of carboxylic acids is 1. The molecule has 2 aliphatic rings. The smallest absolute Gasteiger partial charge is 0.303 e. The molecule has 4 N–H and O–H groups in total. The zero-order valence-electron chi connectivity index (χ0n) is 16.8. The molecule has 160 valence electrons. The number of carbonyl (C=O) groups is 2. The molecule has 1 aromatic rings. The molecular formula is C22H32N2O5. The number of fused-ring (bicyclic) bond motifs is 2. The Bertz CT molecular complexity index is 678. The van der Waals surface area contributed by atoms with Crippen LogP contribution in [0.5, 0.6) is 5.75 Å². The molecule has 0 unspecified atom stereocenters. The molecule has 2 heterocycles. The molecule has 7 heteroatoms. The van der Waals surface area contributed by atoms with Crippen molar-refractivity contribution >= 4 is 17.6 Å². The second kappa shape index (κ2) is 10.6. The monoisotopic (exact) mass is 404 g/mol. The highest BCUT2D eigenvalue weighted by atomic mass is 16.5. The summed E-state index contributed by atoms with van der Waals surface area (Å²) < 4.78 is 6.13. The topological polar surface area (TPSA) is 108 Å². The number of hydrogen-bond acceptors (Lipinski definition) is 5. The Morgan fingerprint density at radius 1 is 1.00 bits per heavy atom. The summed E-state index contributed by atoms with van der Waals surface area (Å²) in [6.45, 7) is 1.02. The van der Waals surface area contributed by atoms with Gasteiger partial charge in [0.05, 0.1) is 18.8 Å². The molecule has 0 spiro atoms. The molecule has 7 nitrogen and oxygen atoms in total. The van der Waals surface area contributed by atoms with E-state index in [2.05, 4.69) is 10.6 Å². The summed E-state index contributed by atoms with van der Waals surface area (Å²) >= 11 is 0. The van der Waals surface area contributed by atoms with Crippen LogP contribution in [0.1, 0.15) is 51.4 Å². The molecule has 1 aromatic carbocycles. The predicted molar refractivity (Wildman–Crippen MR) is 110 cm³/mol. The van der Waals surface area contributed by atoms with Crippen molar-refractivity contribution in [2.75, 3.05) is 18.4 Å². The molecule has 3 rings (SSSR count). The lowest BCUT2D eigenvalue weighted by molar-refractivity contribution is -0.137. The van der Waals surface area contributed by atoms with Crippen LogP contribution in [0.25, 0.3) is 0 Å². The number of phenols is 1. The molecule has 1 amide bonds. The van der Waals surface area contributed by atoms with E-state index in [-0.39, 0.29) is 24.6 Å². The van der Waals surface area contributed by atoms with Crippen molar-refractivity contribution in [3.05, 3.63) is 24.3 Å². The van der Waals surface area contributed by atoms with Crippen LogP contribution < -0.4 is 10.6 Å². The van der Waals surface area contributed by atoms with E-state index >= 15 is 0 Å². The van der Waals surface area contributed by atoms with Crippen molar-refractivity contribution < 1.29 is 24.5 Å². The Kier molecular flexibility index (Phi) is 7.89. The van der Waals surface area contributed by atoms with E-state index in [1.807, 2.05) is 0 Å². The van der Waals surface area contributed by atoms with E-state index in [0.717, 1.165) is 51.5 Å². The molecule has 4 atom stereocenters. The summed E-state index contributed by atoms with van der Waals surface area (Å²) in [7, 11) is 0. The van der Waals surface area contributed by atoms with Gasteiger partial charge < -0.3 is 25.6 Å². The Labute approximate surface area is 171 Å². The summed E-state index contributed by atoms with van der Waals surface area (Å²) in [6.07, 6.45) is 8.14. The number of amides is 1. The van der Waals surface area contributed by atoms with Gasteiger partial charge in [0.25, 0.3) is 0 Å². The van der Waals surface area contributed by atoms with Crippen molar-refractivity contribution in [1.82, 2.24) is 5.32 Å². The van der Waals surface area contributed by atoms with Crippen LogP contribution in [0, 0.1) is 11.8 Å². The fraction of sp³-hybridized carbons (Fsp3) is 0.636. The third-order valence-electron chi connectivity index (χ3n) is 6.09. The van der Waals surface area contributed by atoms with Gasteiger partial charge in [-0.15, -0.1) is 0 Å². The van der Waals surface area contributed by atoms with Gasteiger partial charge in [-0.1, -0.05) is 19.3 Å². The number of ether oxygens (including phenoxy) is 1. The number of nitrogens with one attached hydrogen (secondary N) is 2. The maximum atomic E-state index is 12.1. The van der Waals surface area contributed by atoms with Crippen LogP contribution in [0.3, 0.4) is 0 Å². The molecule has 2 bridgehead atoms. The first-order valence-corrected chi connectivity index (χ1v) is 10.7. The maximum absolute atomic E-state index is 12.1. The highest BCUT2D eigenvalue weighted by Gasteiger charge is 2.47. The van der Waals surface area contributed by atoms with E-state index < -0.39 is 5.97 Å². The van der Waals surface area contributed by atoms with E-state index in [9.17, 15) is 14.7 Å². The van der Waals surface area contributed by atoms with Crippen molar-refractivity contribution in [1.29, 1.82) is 0 Å². The number of aliphatic carboxylic acids is 1. The normalized spacial score (nSPS) is 25.2. The Morgan fingerprint density at radius 3 is 2.41 bits per heavy atom. The summed E-state index contributed by atoms with van der Waals surface area (Å²) in [5, 5.41) is 24.1. The lowest BCUT2D eigenvalue weighted by Crippen LogP contribution is -2.38. The number of carbonyl (C=O) groups excluding carboxylic acids is 1. The number of anilines is 1. The predicted octanol–water partition coefficient (Wildman–Crippen LogP) is 3.14. The molecule has 0 aliphatic carbocycles. The first kappa shape index (κ1) is 21.6. The van der Waals surface area contributed by atoms with E-state index in [0.29, 0.717) is 29.7 Å². The minimum absolute atomic E-state index is 0.102. The quantitative estimate of drug-likeness (QED) is 0.315. The van der Waals surface area contributed by atoms with Crippen molar-refractivity contribution in [3.8, 4) is 5.75 Å². The van der Waals surface area contributed by atoms with Crippen LogP contribution in [-0.4, -0.2) is 47.4 Å². The van der Waals surface area contributed by atoms with Crippen LogP contribution in [-0.2, 0) is 14.3 Å². The average molecular weight is 405 g/mol. The van der Waals surface area contributed by atoms with Crippen LogP contribution in [0.15, 0.2) is 24.3 Å². The van der Waals surface area contributed by atoms with Crippen LogP contribution in [0.4, 0.5) is 5.69 Å². The van der Waals surface area contributed by atoms with Gasteiger partial charge in [0.2, 0.25) is 5.91 Å². The summed E-state index contributed by atoms with van der Waals surface area (Å²) in [5.74, 6) is 0.322. The van der Waals surface area contributed by atoms with Gasteiger partial charge >= 0.3 is 5.97 Å². The Balaban J connectivity index is 1.36. The summed E-state index contributed by atoms with van der Waals surface area (Å²) in [5.41, 5.74) is 0.665. The molecule has 0 saturated carbocycles. The average Bonchev–Trinajstić information content (AvgIpc) is 3.28. The first-order valence-electron chi connectivity index (χ1n) is 10.7. The Morgan fingerprint density at radius 2 is 1.69 bits per heavy atom. The molecule has 0 aromatic heterocycles. The summed E-state index contributed by atoms with van der Waals surface area (Å²) in [6, 6.07) is 6.43. The number of phenolic OH excluding ortho intramolecular Hbond substituents is 1. The highest BCUT2D eigenvalue weighted by molar-refractivity contribution is 5.92. The number of benzene rings is 1. The largest absolute Gasteiger partial charge is 0.508 e. The SMILES string of the molecule is O=C(O)CCCCCC[C@@H]1[C@@H](CNCC(=O)Nc2ccc(O)cc2)[C@H]2CC[C@@H]1O2. The number of carboxylic acid groups (broad SMARTS) is 1. The van der Waals surface area contributed by atoms with Crippen LogP contribution >= 0.6 is 0 Å². The van der Waals surface area contributed by atoms with Gasteiger partial charge in [0, 0.05) is 24.6 Å². The van der Waals surface area contributed by atoms with Gasteiger partial charge in [-0.25, -0.2) is 0 Å². The van der Waals surface area contributed by atoms with Crippen LogP contribution in [0.2, 0.25) is 0 Å². The fourth-order valence-corrected chi connectivity index (χ4v) is 4.67. The minimum atomic E-state index is -0.716. The molecule has 0 radical (unpaired) electrons. The molecular weight excluding hydrogens is 372 g/mol. The maximum Gasteiger partial charge on any atom is 0.303 e. The van der Waals surface area contributed by atoms with E-state index in [1.54, 1.807) is 24.3 Å².